The van der Waals surface area contributed by atoms with Gasteiger partial charge in [0, 0.05) is 59.2 Å². The minimum Gasteiger partial charge on any atom is -0.366 e. The number of aromatic nitrogens is 4. The molecule has 45 heavy (non-hydrogen) atoms. The number of piperazine rings is 1. The number of halogens is 1. The van der Waals surface area contributed by atoms with Gasteiger partial charge in [0.25, 0.3) is 5.56 Å². The van der Waals surface area contributed by atoms with Crippen molar-refractivity contribution in [2.75, 3.05) is 50.5 Å². The molecule has 0 amide bonds. The molecule has 12 heteroatoms. The predicted octanol–water partition coefficient (Wildman–Crippen LogP) is 4.85. The molecule has 0 saturated carbocycles. The zero-order chi connectivity index (χ0) is 31.5. The Balaban J connectivity index is 1.36. The summed E-state index contributed by atoms with van der Waals surface area (Å²) in [6.45, 7) is 7.60. The van der Waals surface area contributed by atoms with E-state index in [0.29, 0.717) is 46.3 Å². The fraction of sp³-hybridized carbons (Fsp3) is 0.333. The highest BCUT2D eigenvalue weighted by Gasteiger charge is 2.19. The number of thiophene rings is 1. The van der Waals surface area contributed by atoms with E-state index in [2.05, 4.69) is 60.6 Å². The minimum absolute atomic E-state index is 0.238. The predicted molar refractivity (Wildman–Crippen MR) is 182 cm³/mol. The number of aryl methyl sites for hydroxylation is 1. The van der Waals surface area contributed by atoms with Gasteiger partial charge < -0.3 is 20.4 Å². The van der Waals surface area contributed by atoms with E-state index in [0.717, 1.165) is 43.0 Å². The number of pyridine rings is 1. The molecule has 9 nitrogen and oxygen atoms in total. The molecule has 0 radical (unpaired) electrons. The summed E-state index contributed by atoms with van der Waals surface area (Å²) >= 11 is 3.21. The largest absolute Gasteiger partial charge is 0.366 e. The monoisotopic (exact) mass is 642 g/mol. The van der Waals surface area contributed by atoms with Gasteiger partial charge in [0.2, 0.25) is 5.95 Å². The first kappa shape index (κ1) is 30.9. The summed E-state index contributed by atoms with van der Waals surface area (Å²) in [6, 6.07) is 9.16. The van der Waals surface area contributed by atoms with Crippen molar-refractivity contribution in [1.29, 1.82) is 0 Å². The van der Waals surface area contributed by atoms with Gasteiger partial charge in [-0.05, 0) is 81.6 Å². The molecule has 4 aromatic heterocycles. The molecule has 0 aliphatic carbocycles. The Morgan fingerprint density at radius 2 is 2.04 bits per heavy atom. The molecule has 0 spiro atoms. The number of fused-ring (bicyclic) bond motifs is 1. The molecule has 232 valence electrons. The van der Waals surface area contributed by atoms with Crippen LogP contribution in [0.15, 0.2) is 52.2 Å². The average molecular weight is 643 g/mol. The Morgan fingerprint density at radius 1 is 1.18 bits per heavy atom. The zero-order valence-corrected chi connectivity index (χ0v) is 27.4. The maximum Gasteiger partial charge on any atom is 0.268 e. The van der Waals surface area contributed by atoms with Crippen molar-refractivity contribution in [2.24, 2.45) is 0 Å². The maximum atomic E-state index is 15.2. The molecule has 1 fully saturated rings. The van der Waals surface area contributed by atoms with Crippen molar-refractivity contribution >= 4 is 51.0 Å². The molecule has 6 rings (SSSR count). The lowest BCUT2D eigenvalue weighted by atomic mass is 10.1. The van der Waals surface area contributed by atoms with Gasteiger partial charge in [-0.1, -0.05) is 5.92 Å². The number of hydrogen-bond donors (Lipinski definition) is 2. The lowest BCUT2D eigenvalue weighted by Gasteiger charge is -2.33. The van der Waals surface area contributed by atoms with E-state index in [4.69, 9.17) is 4.98 Å². The lowest BCUT2D eigenvalue weighted by Crippen LogP contribution is -2.49. The molecule has 1 aliphatic heterocycles. The molecule has 5 aromatic rings. The first-order valence-electron chi connectivity index (χ1n) is 14.8. The summed E-state index contributed by atoms with van der Waals surface area (Å²) in [4.78, 5) is 34.0. The summed E-state index contributed by atoms with van der Waals surface area (Å²) in [5, 5.41) is 9.27. The molecular weight excluding hydrogens is 608 g/mol. The number of nitrogens with one attached hydrogen (secondary N) is 2. The smallest absolute Gasteiger partial charge is 0.268 e. The van der Waals surface area contributed by atoms with Crippen LogP contribution < -0.4 is 21.1 Å². The number of thiazole rings is 1. The van der Waals surface area contributed by atoms with E-state index in [1.54, 1.807) is 39.7 Å². The number of likely N-dealkylation sites (N-methyl/N-ethyl adjacent to an activating group) is 1. The second-order valence-electron chi connectivity index (χ2n) is 11.4. The number of nitrogens with zero attached hydrogens (tertiary/aromatic N) is 6. The van der Waals surface area contributed by atoms with Crippen LogP contribution in [0.25, 0.3) is 11.0 Å². The van der Waals surface area contributed by atoms with Gasteiger partial charge in [-0.25, -0.2) is 14.4 Å². The van der Waals surface area contributed by atoms with Crippen molar-refractivity contribution in [3.63, 3.8) is 0 Å². The Bertz CT molecular complexity index is 1950. The van der Waals surface area contributed by atoms with E-state index in [1.807, 2.05) is 27.1 Å². The fourth-order valence-electron chi connectivity index (χ4n) is 5.35. The van der Waals surface area contributed by atoms with Crippen molar-refractivity contribution in [1.82, 2.24) is 29.7 Å². The second-order valence-corrected chi connectivity index (χ2v) is 13.5. The molecule has 1 saturated heterocycles. The summed E-state index contributed by atoms with van der Waals surface area (Å²) in [5.41, 5.74) is 5.17. The standard InChI is InChI=1S/C33H35FN8OS2/c1-21-18-41(13-11-35-21)29-8-6-26(16-27(29)34)38-33-36-17-25-15-23(5-7-28-22(2)45-20-37-28)32(43)42(31(25)39-33)19-24-10-14-44-30(24)9-12-40(3)4/h6,8,10,14-17,20-21,35H,9,11-13,18-19H2,1-4H3,(H,36,38,39). The van der Waals surface area contributed by atoms with Gasteiger partial charge in [0.1, 0.15) is 17.2 Å². The van der Waals surface area contributed by atoms with Crippen LogP contribution in [-0.2, 0) is 13.0 Å². The quantitative estimate of drug-likeness (QED) is 0.232. The van der Waals surface area contributed by atoms with E-state index < -0.39 is 0 Å². The summed E-state index contributed by atoms with van der Waals surface area (Å²) < 4.78 is 16.9. The molecule has 1 atom stereocenters. The van der Waals surface area contributed by atoms with Crippen LogP contribution in [0.3, 0.4) is 0 Å². The second kappa shape index (κ2) is 13.5. The van der Waals surface area contributed by atoms with Crippen LogP contribution >= 0.6 is 22.7 Å². The number of benzene rings is 1. The van der Waals surface area contributed by atoms with Gasteiger partial charge >= 0.3 is 0 Å². The summed E-state index contributed by atoms with van der Waals surface area (Å²) in [6.07, 6.45) is 2.55. The summed E-state index contributed by atoms with van der Waals surface area (Å²) in [5.74, 6) is 6.08. The molecule has 2 N–H and O–H groups in total. The van der Waals surface area contributed by atoms with Crippen LogP contribution in [0, 0.1) is 24.6 Å². The topological polar surface area (TPSA) is 91.2 Å². The minimum atomic E-state index is -0.312. The lowest BCUT2D eigenvalue weighted by molar-refractivity contribution is 0.414. The van der Waals surface area contributed by atoms with Crippen LogP contribution in [0.5, 0.6) is 0 Å². The molecule has 0 bridgehead atoms. The molecule has 1 aliphatic rings. The van der Waals surface area contributed by atoms with Crippen LogP contribution in [0.2, 0.25) is 0 Å². The van der Waals surface area contributed by atoms with Crippen molar-refractivity contribution in [2.45, 2.75) is 32.9 Å². The third-order valence-electron chi connectivity index (χ3n) is 7.75. The Kier molecular flexibility index (Phi) is 9.23. The van der Waals surface area contributed by atoms with Crippen LogP contribution in [0.1, 0.15) is 33.5 Å². The van der Waals surface area contributed by atoms with E-state index in [1.165, 1.54) is 22.3 Å². The zero-order valence-electron chi connectivity index (χ0n) is 25.7. The van der Waals surface area contributed by atoms with Gasteiger partial charge in [-0.15, -0.1) is 22.7 Å². The normalized spacial score (nSPS) is 15.0. The third-order valence-corrected chi connectivity index (χ3v) is 9.53. The number of rotatable bonds is 8. The first-order chi connectivity index (χ1) is 21.7. The van der Waals surface area contributed by atoms with Crippen LogP contribution in [-0.4, -0.2) is 70.7 Å². The average Bonchev–Trinajstić information content (AvgIpc) is 3.64. The Labute approximate surface area is 269 Å². The highest BCUT2D eigenvalue weighted by atomic mass is 32.1. The Morgan fingerprint density at radius 3 is 2.80 bits per heavy atom. The first-order valence-corrected chi connectivity index (χ1v) is 16.6. The SMILES string of the molecule is Cc1scnc1C#Cc1cc2cnc(Nc3ccc(N4CCNC(C)C4)c(F)c3)nc2n(Cc2ccsc2CCN(C)C)c1=O. The number of anilines is 3. The Hall–Kier alpha value is -4.15. The molecule has 5 heterocycles. The highest BCUT2D eigenvalue weighted by molar-refractivity contribution is 7.10. The number of hydrogen-bond acceptors (Lipinski definition) is 10. The van der Waals surface area contributed by atoms with Gasteiger partial charge in [0.15, 0.2) is 0 Å². The fourth-order valence-corrected chi connectivity index (χ4v) is 6.77. The molecule has 1 unspecified atom stereocenters. The molecule has 1 aromatic carbocycles. The van der Waals surface area contributed by atoms with Gasteiger partial charge in [-0.3, -0.25) is 9.36 Å². The van der Waals surface area contributed by atoms with Crippen molar-refractivity contribution in [3.05, 3.63) is 90.2 Å². The maximum absolute atomic E-state index is 15.2. The van der Waals surface area contributed by atoms with Crippen molar-refractivity contribution < 1.29 is 4.39 Å². The van der Waals surface area contributed by atoms with E-state index in [-0.39, 0.29) is 17.3 Å². The van der Waals surface area contributed by atoms with E-state index >= 15 is 4.39 Å². The van der Waals surface area contributed by atoms with Gasteiger partial charge in [0.05, 0.1) is 23.3 Å². The van der Waals surface area contributed by atoms with Crippen LogP contribution in [0.4, 0.5) is 21.7 Å². The molecular formula is C33H35FN8OS2. The third kappa shape index (κ3) is 7.07. The van der Waals surface area contributed by atoms with Gasteiger partial charge in [-0.2, -0.15) is 4.98 Å². The van der Waals surface area contributed by atoms with E-state index in [9.17, 15) is 4.79 Å². The summed E-state index contributed by atoms with van der Waals surface area (Å²) in [7, 11) is 4.10. The highest BCUT2D eigenvalue weighted by Crippen LogP contribution is 2.26. The van der Waals surface area contributed by atoms with Crippen molar-refractivity contribution in [3.8, 4) is 11.8 Å².